The molecule has 0 aromatic rings. The van der Waals surface area contributed by atoms with Crippen LogP contribution in [0, 0.1) is 5.92 Å². The second-order valence-corrected chi connectivity index (χ2v) is 5.22. The van der Waals surface area contributed by atoms with Crippen molar-refractivity contribution in [2.24, 2.45) is 5.92 Å². The molecule has 96 valence electrons. The molecule has 0 bridgehead atoms. The Morgan fingerprint density at radius 2 is 1.94 bits per heavy atom. The highest BCUT2D eigenvalue weighted by Crippen LogP contribution is 2.25. The lowest BCUT2D eigenvalue weighted by Crippen LogP contribution is -2.48. The molecule has 3 amide bonds. The first-order valence-corrected chi connectivity index (χ1v) is 6.82. The van der Waals surface area contributed by atoms with Gasteiger partial charge in [0.15, 0.2) is 0 Å². The molecule has 1 aliphatic heterocycles. The van der Waals surface area contributed by atoms with Gasteiger partial charge in [0.1, 0.15) is 0 Å². The minimum atomic E-state index is -0.169. The number of carbonyl (C=O) groups excluding carboxylic acids is 2. The molecule has 1 N–H and O–H groups in total. The molecule has 0 aromatic carbocycles. The first-order valence-electron chi connectivity index (χ1n) is 6.82. The van der Waals surface area contributed by atoms with Gasteiger partial charge in [-0.1, -0.05) is 32.6 Å². The third kappa shape index (κ3) is 2.79. The minimum absolute atomic E-state index is 0.0266. The summed E-state index contributed by atoms with van der Waals surface area (Å²) in [4.78, 5) is 25.6. The third-order valence-corrected chi connectivity index (χ3v) is 4.01. The van der Waals surface area contributed by atoms with E-state index in [1.807, 2.05) is 0 Å². The molecule has 1 unspecified atom stereocenters. The van der Waals surface area contributed by atoms with Crippen LogP contribution in [0.5, 0.6) is 0 Å². The number of urea groups is 1. The summed E-state index contributed by atoms with van der Waals surface area (Å²) < 4.78 is 0. The van der Waals surface area contributed by atoms with Gasteiger partial charge in [-0.2, -0.15) is 0 Å². The summed E-state index contributed by atoms with van der Waals surface area (Å²) in [5, 5.41) is 2.89. The van der Waals surface area contributed by atoms with E-state index in [1.165, 1.54) is 11.3 Å². The van der Waals surface area contributed by atoms with E-state index in [2.05, 4.69) is 12.2 Å². The van der Waals surface area contributed by atoms with Crippen molar-refractivity contribution in [2.45, 2.75) is 57.9 Å². The number of nitrogens with one attached hydrogen (secondary N) is 1. The van der Waals surface area contributed by atoms with Crippen LogP contribution >= 0.6 is 0 Å². The molecule has 1 atom stereocenters. The summed E-state index contributed by atoms with van der Waals surface area (Å²) in [5.41, 5.74) is 0. The Labute approximate surface area is 103 Å². The van der Waals surface area contributed by atoms with E-state index in [0.29, 0.717) is 18.9 Å². The Balaban J connectivity index is 2.07. The van der Waals surface area contributed by atoms with E-state index in [1.54, 1.807) is 0 Å². The number of hydrogen-bond acceptors (Lipinski definition) is 2. The van der Waals surface area contributed by atoms with E-state index in [0.717, 1.165) is 32.1 Å². The summed E-state index contributed by atoms with van der Waals surface area (Å²) >= 11 is 0. The quantitative estimate of drug-likeness (QED) is 0.802. The first-order chi connectivity index (χ1) is 8.22. The second-order valence-electron chi connectivity index (χ2n) is 5.22. The summed E-state index contributed by atoms with van der Waals surface area (Å²) in [7, 11) is 0. The maximum absolute atomic E-state index is 12.2. The van der Waals surface area contributed by atoms with E-state index in [-0.39, 0.29) is 18.0 Å². The van der Waals surface area contributed by atoms with E-state index < -0.39 is 0 Å². The molecule has 4 heteroatoms. The standard InChI is InChI=1S/C13H22N2O2/c1-2-10-8-12(16)15(13(17)14-9-10)11-6-4-3-5-7-11/h10-11H,2-9H2,1H3,(H,14,17). The van der Waals surface area contributed by atoms with Gasteiger partial charge in [-0.15, -0.1) is 0 Å². The van der Waals surface area contributed by atoms with Gasteiger partial charge < -0.3 is 5.32 Å². The Morgan fingerprint density at radius 1 is 1.24 bits per heavy atom. The smallest absolute Gasteiger partial charge is 0.324 e. The summed E-state index contributed by atoms with van der Waals surface area (Å²) in [5.74, 6) is 0.332. The SMILES string of the molecule is CCC1CNC(=O)N(C2CCCCC2)C(=O)C1. The van der Waals surface area contributed by atoms with Crippen molar-refractivity contribution in [1.29, 1.82) is 0 Å². The Hall–Kier alpha value is -1.06. The van der Waals surface area contributed by atoms with Crippen LogP contribution in [0.1, 0.15) is 51.9 Å². The monoisotopic (exact) mass is 238 g/mol. The molecule has 0 spiro atoms. The highest BCUT2D eigenvalue weighted by Gasteiger charge is 2.34. The summed E-state index contributed by atoms with van der Waals surface area (Å²) in [6.45, 7) is 2.71. The van der Waals surface area contributed by atoms with Crippen molar-refractivity contribution in [3.63, 3.8) is 0 Å². The fraction of sp³-hybridized carbons (Fsp3) is 0.846. The van der Waals surface area contributed by atoms with Gasteiger partial charge in [0.2, 0.25) is 5.91 Å². The average Bonchev–Trinajstić information content (AvgIpc) is 2.49. The maximum atomic E-state index is 12.2. The number of rotatable bonds is 2. The molecule has 1 heterocycles. The lowest BCUT2D eigenvalue weighted by molar-refractivity contribution is -0.130. The van der Waals surface area contributed by atoms with E-state index in [9.17, 15) is 9.59 Å². The van der Waals surface area contributed by atoms with Gasteiger partial charge >= 0.3 is 6.03 Å². The van der Waals surface area contributed by atoms with Crippen molar-refractivity contribution < 1.29 is 9.59 Å². The number of nitrogens with zero attached hydrogens (tertiary/aromatic N) is 1. The molecule has 17 heavy (non-hydrogen) atoms. The summed E-state index contributed by atoms with van der Waals surface area (Å²) in [6.07, 6.45) is 6.94. The molecule has 4 nitrogen and oxygen atoms in total. The zero-order valence-electron chi connectivity index (χ0n) is 10.6. The van der Waals surface area contributed by atoms with Gasteiger partial charge in [0.05, 0.1) is 0 Å². The Bertz CT molecular complexity index is 298. The van der Waals surface area contributed by atoms with Crippen molar-refractivity contribution in [1.82, 2.24) is 10.2 Å². The van der Waals surface area contributed by atoms with Gasteiger partial charge in [0, 0.05) is 19.0 Å². The molecular weight excluding hydrogens is 216 g/mol. The largest absolute Gasteiger partial charge is 0.337 e. The third-order valence-electron chi connectivity index (χ3n) is 4.01. The predicted octanol–water partition coefficient (Wildman–Crippen LogP) is 2.29. The number of imide groups is 1. The highest BCUT2D eigenvalue weighted by molar-refractivity contribution is 5.95. The van der Waals surface area contributed by atoms with Crippen LogP contribution in [0.25, 0.3) is 0 Å². The molecule has 2 rings (SSSR count). The molecule has 1 saturated heterocycles. The van der Waals surface area contributed by atoms with Crippen LogP contribution < -0.4 is 5.32 Å². The second kappa shape index (κ2) is 5.52. The molecule has 0 radical (unpaired) electrons. The molecule has 1 saturated carbocycles. The van der Waals surface area contributed by atoms with Crippen LogP contribution in [-0.4, -0.2) is 29.4 Å². The highest BCUT2D eigenvalue weighted by atomic mass is 16.2. The van der Waals surface area contributed by atoms with Crippen LogP contribution in [-0.2, 0) is 4.79 Å². The predicted molar refractivity (Wildman–Crippen MR) is 65.5 cm³/mol. The van der Waals surface area contributed by atoms with Gasteiger partial charge in [-0.3, -0.25) is 9.69 Å². The zero-order valence-corrected chi connectivity index (χ0v) is 10.6. The Kier molecular flexibility index (Phi) is 4.02. The van der Waals surface area contributed by atoms with Crippen molar-refractivity contribution in [3.8, 4) is 0 Å². The van der Waals surface area contributed by atoms with Crippen molar-refractivity contribution >= 4 is 11.9 Å². The fourth-order valence-electron chi connectivity index (χ4n) is 2.84. The molecule has 1 aliphatic carbocycles. The number of amides is 3. The fourth-order valence-corrected chi connectivity index (χ4v) is 2.84. The number of hydrogen-bond donors (Lipinski definition) is 1. The lowest BCUT2D eigenvalue weighted by Gasteiger charge is -2.31. The summed E-state index contributed by atoms with van der Waals surface area (Å²) in [6, 6.07) is -0.0234. The van der Waals surface area contributed by atoms with Gasteiger partial charge in [-0.25, -0.2) is 4.79 Å². The molecule has 0 aromatic heterocycles. The average molecular weight is 238 g/mol. The van der Waals surface area contributed by atoms with Crippen LogP contribution in [0.15, 0.2) is 0 Å². The van der Waals surface area contributed by atoms with Crippen molar-refractivity contribution in [3.05, 3.63) is 0 Å². The van der Waals surface area contributed by atoms with Crippen LogP contribution in [0.3, 0.4) is 0 Å². The number of carbonyl (C=O) groups is 2. The van der Waals surface area contributed by atoms with Crippen LogP contribution in [0.2, 0.25) is 0 Å². The zero-order chi connectivity index (χ0) is 12.3. The van der Waals surface area contributed by atoms with Gasteiger partial charge in [-0.05, 0) is 18.8 Å². The molecule has 2 aliphatic rings. The first kappa shape index (κ1) is 12.4. The Morgan fingerprint density at radius 3 is 2.59 bits per heavy atom. The molecule has 2 fully saturated rings. The maximum Gasteiger partial charge on any atom is 0.324 e. The minimum Gasteiger partial charge on any atom is -0.337 e. The normalized spacial score (nSPS) is 27.8. The van der Waals surface area contributed by atoms with E-state index in [4.69, 9.17) is 0 Å². The van der Waals surface area contributed by atoms with Crippen molar-refractivity contribution in [2.75, 3.05) is 6.54 Å². The lowest BCUT2D eigenvalue weighted by atomic mass is 9.93. The van der Waals surface area contributed by atoms with Crippen LogP contribution in [0.4, 0.5) is 4.79 Å². The van der Waals surface area contributed by atoms with Gasteiger partial charge in [0.25, 0.3) is 0 Å². The van der Waals surface area contributed by atoms with E-state index >= 15 is 0 Å². The topological polar surface area (TPSA) is 49.4 Å². The molecular formula is C13H22N2O2.